The number of fused-ring (bicyclic) bond motifs is 1. The van der Waals surface area contributed by atoms with Crippen molar-refractivity contribution in [1.29, 1.82) is 0 Å². The molecule has 3 N–H and O–H groups in total. The number of amides is 1. The summed E-state index contributed by atoms with van der Waals surface area (Å²) in [6.45, 7) is 4.27. The number of pyridine rings is 1. The molecule has 0 aliphatic carbocycles. The molecule has 0 saturated heterocycles. The molecule has 42 heavy (non-hydrogen) atoms. The average molecular weight is 585 g/mol. The van der Waals surface area contributed by atoms with Crippen molar-refractivity contribution < 1.29 is 38.2 Å². The highest BCUT2D eigenvalue weighted by Gasteiger charge is 2.39. The van der Waals surface area contributed by atoms with Crippen molar-refractivity contribution in [2.24, 2.45) is 5.92 Å². The Bertz CT molecular complexity index is 1330. The van der Waals surface area contributed by atoms with E-state index in [-0.39, 0.29) is 43.0 Å². The first kappa shape index (κ1) is 30.9. The molecule has 0 spiro atoms. The number of carbonyl (C=O) groups excluding carboxylic acids is 1. The molecule has 0 saturated carbocycles. The maximum atomic E-state index is 13.2. The Labute approximate surface area is 242 Å². The fraction of sp³-hybridized carbons (Fsp3) is 0.448. The van der Waals surface area contributed by atoms with E-state index in [1.807, 2.05) is 37.3 Å². The topological polar surface area (TPSA) is 167 Å². The van der Waals surface area contributed by atoms with Gasteiger partial charge in [-0.3, -0.25) is 14.9 Å². The third kappa shape index (κ3) is 8.26. The molecule has 4 rings (SSSR count). The molecule has 1 aliphatic heterocycles. The quantitative estimate of drug-likeness (QED) is 0.121. The second-order valence-corrected chi connectivity index (χ2v) is 9.43. The van der Waals surface area contributed by atoms with Crippen LogP contribution in [0.4, 0.5) is 11.5 Å². The fourth-order valence-corrected chi connectivity index (χ4v) is 4.71. The van der Waals surface area contributed by atoms with Gasteiger partial charge in [-0.2, -0.15) is 0 Å². The highest BCUT2D eigenvalue weighted by molar-refractivity contribution is 5.92. The van der Waals surface area contributed by atoms with E-state index in [0.717, 1.165) is 16.5 Å². The van der Waals surface area contributed by atoms with Crippen LogP contribution in [-0.2, 0) is 23.7 Å². The van der Waals surface area contributed by atoms with E-state index in [1.54, 1.807) is 6.26 Å². The van der Waals surface area contributed by atoms with Gasteiger partial charge < -0.3 is 39.1 Å². The summed E-state index contributed by atoms with van der Waals surface area (Å²) in [7, 11) is 0. The van der Waals surface area contributed by atoms with Gasteiger partial charge in [0, 0.05) is 55.2 Å². The predicted molar refractivity (Wildman–Crippen MR) is 153 cm³/mol. The van der Waals surface area contributed by atoms with Crippen LogP contribution in [0.15, 0.2) is 65.1 Å². The molecule has 3 atom stereocenters. The Morgan fingerprint density at radius 1 is 1.12 bits per heavy atom. The van der Waals surface area contributed by atoms with Crippen LogP contribution in [0.1, 0.15) is 24.8 Å². The molecule has 0 radical (unpaired) electrons. The van der Waals surface area contributed by atoms with Gasteiger partial charge in [0.2, 0.25) is 6.29 Å². The van der Waals surface area contributed by atoms with Crippen LogP contribution in [0, 0.1) is 16.0 Å². The van der Waals surface area contributed by atoms with Crippen molar-refractivity contribution in [2.45, 2.75) is 25.6 Å². The molecule has 0 bridgehead atoms. The van der Waals surface area contributed by atoms with Crippen LogP contribution < -0.4 is 10.6 Å². The molecule has 0 unspecified atom stereocenters. The van der Waals surface area contributed by atoms with E-state index in [1.165, 1.54) is 18.3 Å². The largest absolute Gasteiger partial charge is 0.464 e. The average Bonchev–Trinajstić information content (AvgIpc) is 3.43. The van der Waals surface area contributed by atoms with Crippen LogP contribution in [0.5, 0.6) is 0 Å². The number of nitrogens with zero attached hydrogens (tertiary/aromatic N) is 2. The standard InChI is InChI=1S/C29H36N4O9/c1-2-40-29-22(9-13-38-15-16-39-14-12-34)23(24-19-41-25-6-4-3-5-21(24)25)17-26(42-29)28(35)31-11-10-30-27-8-7-20(18-32-27)33(36)37/h3-8,17-19,22-23,29,34H,2,9-16H2,1H3,(H,30,32)(H,31,35)/t22-,23-,29+/m0/s1. The summed E-state index contributed by atoms with van der Waals surface area (Å²) in [4.78, 5) is 27.5. The molecule has 1 aromatic carbocycles. The number of hydrogen-bond donors (Lipinski definition) is 3. The summed E-state index contributed by atoms with van der Waals surface area (Å²) in [6.07, 6.45) is 4.58. The number of furan rings is 1. The lowest BCUT2D eigenvalue weighted by atomic mass is 9.81. The van der Waals surface area contributed by atoms with Crippen molar-refractivity contribution in [3.8, 4) is 0 Å². The second kappa shape index (κ2) is 15.8. The minimum atomic E-state index is -0.698. The van der Waals surface area contributed by atoms with Crippen molar-refractivity contribution in [3.63, 3.8) is 0 Å². The number of aliphatic hydroxyl groups is 1. The number of ether oxygens (including phenoxy) is 4. The number of nitro groups is 1. The maximum absolute atomic E-state index is 13.2. The molecule has 0 fully saturated rings. The summed E-state index contributed by atoms with van der Waals surface area (Å²) in [5.41, 5.74) is 1.57. The SMILES string of the molecule is CCO[C@@H]1OC(C(=O)NCCNc2ccc([N+](=O)[O-])cn2)=C[C@H](c2coc3ccccc23)[C@@H]1CCOCCOCCO. The van der Waals surface area contributed by atoms with Crippen molar-refractivity contribution in [3.05, 3.63) is 76.4 Å². The molecule has 3 aromatic rings. The van der Waals surface area contributed by atoms with E-state index in [2.05, 4.69) is 15.6 Å². The van der Waals surface area contributed by atoms with Crippen molar-refractivity contribution >= 4 is 28.4 Å². The molecular weight excluding hydrogens is 548 g/mol. The van der Waals surface area contributed by atoms with Crippen LogP contribution >= 0.6 is 0 Å². The zero-order chi connectivity index (χ0) is 29.7. The smallest absolute Gasteiger partial charge is 0.287 e. The Balaban J connectivity index is 1.44. The summed E-state index contributed by atoms with van der Waals surface area (Å²) < 4.78 is 28.9. The Hall–Kier alpha value is -4.04. The Morgan fingerprint density at radius 3 is 2.67 bits per heavy atom. The monoisotopic (exact) mass is 584 g/mol. The molecule has 1 amide bonds. The predicted octanol–water partition coefficient (Wildman–Crippen LogP) is 3.36. The van der Waals surface area contributed by atoms with Crippen LogP contribution in [-0.4, -0.2) is 79.9 Å². The van der Waals surface area contributed by atoms with Gasteiger partial charge in [-0.15, -0.1) is 0 Å². The number of aromatic nitrogens is 1. The number of benzene rings is 1. The molecule has 13 heteroatoms. The zero-order valence-corrected chi connectivity index (χ0v) is 23.4. The highest BCUT2D eigenvalue weighted by Crippen LogP contribution is 2.41. The maximum Gasteiger partial charge on any atom is 0.287 e. The first-order chi connectivity index (χ1) is 20.5. The lowest BCUT2D eigenvalue weighted by Gasteiger charge is -2.36. The van der Waals surface area contributed by atoms with E-state index in [9.17, 15) is 14.9 Å². The number of anilines is 1. The third-order valence-electron chi connectivity index (χ3n) is 6.69. The van der Waals surface area contributed by atoms with Gasteiger partial charge in [0.25, 0.3) is 11.6 Å². The lowest BCUT2D eigenvalue weighted by molar-refractivity contribution is -0.385. The van der Waals surface area contributed by atoms with E-state index in [0.29, 0.717) is 45.2 Å². The molecule has 1 aliphatic rings. The van der Waals surface area contributed by atoms with Gasteiger partial charge in [0.05, 0.1) is 37.6 Å². The van der Waals surface area contributed by atoms with E-state index < -0.39 is 17.1 Å². The van der Waals surface area contributed by atoms with Gasteiger partial charge in [-0.1, -0.05) is 18.2 Å². The van der Waals surface area contributed by atoms with Crippen LogP contribution in [0.25, 0.3) is 11.0 Å². The number of para-hydroxylation sites is 1. The highest BCUT2D eigenvalue weighted by atomic mass is 16.7. The summed E-state index contributed by atoms with van der Waals surface area (Å²) in [6, 6.07) is 10.6. The summed E-state index contributed by atoms with van der Waals surface area (Å²) in [5.74, 6) is -0.220. The Kier molecular flexibility index (Phi) is 11.6. The number of rotatable bonds is 17. The number of hydrogen-bond acceptors (Lipinski definition) is 11. The number of nitrogens with one attached hydrogen (secondary N) is 2. The minimum Gasteiger partial charge on any atom is -0.464 e. The van der Waals surface area contributed by atoms with Crippen LogP contribution in [0.2, 0.25) is 0 Å². The van der Waals surface area contributed by atoms with E-state index >= 15 is 0 Å². The number of carbonyl (C=O) groups is 1. The van der Waals surface area contributed by atoms with Gasteiger partial charge in [0.1, 0.15) is 17.6 Å². The fourth-order valence-electron chi connectivity index (χ4n) is 4.71. The normalized spacial score (nSPS) is 18.3. The lowest BCUT2D eigenvalue weighted by Crippen LogP contribution is -2.40. The summed E-state index contributed by atoms with van der Waals surface area (Å²) in [5, 5.41) is 26.5. The van der Waals surface area contributed by atoms with Crippen LogP contribution in [0.3, 0.4) is 0 Å². The molecular formula is C29H36N4O9. The number of aliphatic hydroxyl groups excluding tert-OH is 1. The zero-order valence-electron chi connectivity index (χ0n) is 23.4. The third-order valence-corrected chi connectivity index (χ3v) is 6.69. The number of allylic oxidation sites excluding steroid dienone is 1. The van der Waals surface area contributed by atoms with E-state index in [4.69, 9.17) is 28.5 Å². The van der Waals surface area contributed by atoms with Crippen molar-refractivity contribution in [2.75, 3.05) is 58.0 Å². The Morgan fingerprint density at radius 2 is 1.93 bits per heavy atom. The minimum absolute atomic E-state index is 0.0362. The molecule has 226 valence electrons. The van der Waals surface area contributed by atoms with Crippen molar-refractivity contribution in [1.82, 2.24) is 10.3 Å². The molecule has 13 nitrogen and oxygen atoms in total. The van der Waals surface area contributed by atoms with Gasteiger partial charge in [-0.05, 0) is 31.6 Å². The second-order valence-electron chi connectivity index (χ2n) is 9.43. The molecule has 2 aromatic heterocycles. The van der Waals surface area contributed by atoms with Gasteiger partial charge >= 0.3 is 0 Å². The van der Waals surface area contributed by atoms with Gasteiger partial charge in [-0.25, -0.2) is 4.98 Å². The van der Waals surface area contributed by atoms with Gasteiger partial charge in [0.15, 0.2) is 5.76 Å². The molecule has 3 heterocycles. The summed E-state index contributed by atoms with van der Waals surface area (Å²) >= 11 is 0. The first-order valence-corrected chi connectivity index (χ1v) is 13.9. The first-order valence-electron chi connectivity index (χ1n) is 13.9.